The summed E-state index contributed by atoms with van der Waals surface area (Å²) in [5, 5.41) is 10.2. The van der Waals surface area contributed by atoms with Crippen LogP contribution >= 0.6 is 0 Å². The summed E-state index contributed by atoms with van der Waals surface area (Å²) in [7, 11) is 0. The first-order chi connectivity index (χ1) is 18.0. The number of piperidine rings is 1. The first-order valence-electron chi connectivity index (χ1n) is 12.7. The van der Waals surface area contributed by atoms with E-state index in [-0.39, 0.29) is 24.6 Å². The smallest absolute Gasteiger partial charge is 0.411 e. The molecule has 0 atom stereocenters. The third-order valence-electron chi connectivity index (χ3n) is 6.25. The van der Waals surface area contributed by atoms with Crippen molar-refractivity contribution in [3.8, 4) is 11.3 Å². The minimum Gasteiger partial charge on any atom is -0.450 e. The molecule has 2 amide bonds. The number of ether oxygens (including phenoxy) is 1. The van der Waals surface area contributed by atoms with Gasteiger partial charge >= 0.3 is 6.09 Å². The van der Waals surface area contributed by atoms with E-state index >= 15 is 0 Å². The zero-order chi connectivity index (χ0) is 26.0. The Morgan fingerprint density at radius 1 is 1.00 bits per heavy atom. The lowest BCUT2D eigenvalue weighted by molar-refractivity contribution is 0.0946. The summed E-state index contributed by atoms with van der Waals surface area (Å²) in [6.45, 7) is 5.97. The van der Waals surface area contributed by atoms with Crippen molar-refractivity contribution in [2.45, 2.75) is 32.7 Å². The van der Waals surface area contributed by atoms with Crippen LogP contribution in [0.3, 0.4) is 0 Å². The molecule has 0 aliphatic carbocycles. The highest BCUT2D eigenvalue weighted by atomic mass is 16.5. The number of hydrogen-bond acceptors (Lipinski definition) is 6. The van der Waals surface area contributed by atoms with Crippen molar-refractivity contribution >= 4 is 17.7 Å². The van der Waals surface area contributed by atoms with E-state index < -0.39 is 6.09 Å². The molecule has 1 fully saturated rings. The fourth-order valence-electron chi connectivity index (χ4n) is 4.33. The first kappa shape index (κ1) is 26.1. The van der Waals surface area contributed by atoms with Gasteiger partial charge in [0.05, 0.1) is 18.8 Å². The highest BCUT2D eigenvalue weighted by Crippen LogP contribution is 2.17. The molecule has 0 unspecified atom stereocenters. The van der Waals surface area contributed by atoms with Crippen molar-refractivity contribution in [3.05, 3.63) is 82.1 Å². The Morgan fingerprint density at radius 2 is 1.78 bits per heavy atom. The van der Waals surface area contributed by atoms with Crippen LogP contribution < -0.4 is 16.2 Å². The molecule has 3 aromatic rings. The lowest BCUT2D eigenvalue weighted by Crippen LogP contribution is -2.37. The molecule has 194 valence electrons. The first-order valence-corrected chi connectivity index (χ1v) is 12.7. The monoisotopic (exact) mass is 503 g/mol. The maximum absolute atomic E-state index is 12.5. The molecule has 4 rings (SSSR count). The molecule has 9 nitrogen and oxygen atoms in total. The number of likely N-dealkylation sites (tertiary alicyclic amines) is 1. The largest absolute Gasteiger partial charge is 0.450 e. The van der Waals surface area contributed by atoms with Crippen molar-refractivity contribution in [3.63, 3.8) is 0 Å². The van der Waals surface area contributed by atoms with Gasteiger partial charge in [0, 0.05) is 36.0 Å². The van der Waals surface area contributed by atoms with Crippen LogP contribution in [0.4, 0.5) is 10.5 Å². The molecule has 0 bridgehead atoms. The Balaban J connectivity index is 1.39. The second-order valence-corrected chi connectivity index (χ2v) is 9.00. The normalized spacial score (nSPS) is 13.6. The zero-order valence-corrected chi connectivity index (χ0v) is 21.1. The van der Waals surface area contributed by atoms with Crippen LogP contribution in [-0.4, -0.2) is 59.5 Å². The Kier molecular flexibility index (Phi) is 9.04. The molecule has 1 aliphatic heterocycles. The highest BCUT2D eigenvalue weighted by molar-refractivity contribution is 5.94. The predicted octanol–water partition coefficient (Wildman–Crippen LogP) is 3.74. The molecule has 0 saturated carbocycles. The van der Waals surface area contributed by atoms with Crippen molar-refractivity contribution in [1.29, 1.82) is 0 Å². The average Bonchev–Trinajstić information content (AvgIpc) is 2.91. The molecule has 0 spiro atoms. The topological polar surface area (TPSA) is 106 Å². The van der Waals surface area contributed by atoms with E-state index in [1.165, 1.54) is 30.0 Å². The minimum absolute atomic E-state index is 0.0993. The van der Waals surface area contributed by atoms with Crippen LogP contribution in [0.15, 0.2) is 65.5 Å². The summed E-state index contributed by atoms with van der Waals surface area (Å²) in [5.41, 5.74) is 3.15. The highest BCUT2D eigenvalue weighted by Gasteiger charge is 2.12. The number of carbonyl (C=O) groups is 2. The Labute approximate surface area is 216 Å². The van der Waals surface area contributed by atoms with E-state index in [0.29, 0.717) is 23.5 Å². The molecule has 2 heterocycles. The molecule has 1 aromatic heterocycles. The van der Waals surface area contributed by atoms with Gasteiger partial charge in [0.1, 0.15) is 0 Å². The van der Waals surface area contributed by atoms with E-state index in [2.05, 4.69) is 20.6 Å². The van der Waals surface area contributed by atoms with Gasteiger partial charge in [0.25, 0.3) is 11.5 Å². The third kappa shape index (κ3) is 7.50. The summed E-state index contributed by atoms with van der Waals surface area (Å²) in [4.78, 5) is 39.1. The van der Waals surface area contributed by atoms with Crippen LogP contribution in [0.1, 0.15) is 42.1 Å². The Hall–Kier alpha value is -3.98. The quantitative estimate of drug-likeness (QED) is 0.461. The van der Waals surface area contributed by atoms with Crippen LogP contribution in [0, 0.1) is 0 Å². The van der Waals surface area contributed by atoms with Gasteiger partial charge in [-0.15, -0.1) is 0 Å². The minimum atomic E-state index is -0.531. The maximum atomic E-state index is 12.5. The van der Waals surface area contributed by atoms with Crippen molar-refractivity contribution < 1.29 is 14.3 Å². The van der Waals surface area contributed by atoms with E-state index in [1.54, 1.807) is 43.3 Å². The molecule has 37 heavy (non-hydrogen) atoms. The fraction of sp³-hybridized carbons (Fsp3) is 0.357. The third-order valence-corrected chi connectivity index (χ3v) is 6.25. The number of aromatic nitrogens is 2. The summed E-state index contributed by atoms with van der Waals surface area (Å²) in [6.07, 6.45) is 3.23. The zero-order valence-electron chi connectivity index (χ0n) is 21.1. The number of rotatable bonds is 9. The summed E-state index contributed by atoms with van der Waals surface area (Å²) >= 11 is 0. The second-order valence-electron chi connectivity index (χ2n) is 9.00. The summed E-state index contributed by atoms with van der Waals surface area (Å²) in [5.74, 6) is -0.0993. The molecule has 0 radical (unpaired) electrons. The number of hydrogen-bond donors (Lipinski definition) is 2. The van der Waals surface area contributed by atoms with Gasteiger partial charge < -0.3 is 15.0 Å². The van der Waals surface area contributed by atoms with Gasteiger partial charge in [-0.1, -0.05) is 30.7 Å². The lowest BCUT2D eigenvalue weighted by atomic mass is 10.1. The number of amides is 2. The van der Waals surface area contributed by atoms with Crippen molar-refractivity contribution in [1.82, 2.24) is 20.0 Å². The summed E-state index contributed by atoms with van der Waals surface area (Å²) in [6, 6.07) is 17.5. The van der Waals surface area contributed by atoms with Crippen molar-refractivity contribution in [2.75, 3.05) is 38.1 Å². The Morgan fingerprint density at radius 3 is 2.54 bits per heavy atom. The fourth-order valence-corrected chi connectivity index (χ4v) is 4.33. The average molecular weight is 504 g/mol. The molecular formula is C28H33N5O4. The number of benzene rings is 2. The maximum Gasteiger partial charge on any atom is 0.411 e. The molecule has 1 saturated heterocycles. The molecule has 2 aromatic carbocycles. The standard InChI is InChI=1S/C28H33N5O4/c1-2-37-28(36)30-24-8-6-7-21(19-24)20-33-26(34)14-13-25(31-33)22-9-11-23(12-10-22)27(35)29-15-18-32-16-4-3-5-17-32/h6-14,19H,2-5,15-18,20H2,1H3,(H,29,35)(H,30,36). The predicted molar refractivity (Wildman–Crippen MR) is 143 cm³/mol. The van der Waals surface area contributed by atoms with Crippen LogP contribution in [0.25, 0.3) is 11.3 Å². The second kappa shape index (κ2) is 12.8. The van der Waals surface area contributed by atoms with Gasteiger partial charge in [-0.2, -0.15) is 5.10 Å². The molecule has 1 aliphatic rings. The van der Waals surface area contributed by atoms with E-state index in [9.17, 15) is 14.4 Å². The summed E-state index contributed by atoms with van der Waals surface area (Å²) < 4.78 is 6.29. The number of nitrogens with one attached hydrogen (secondary N) is 2. The molecular weight excluding hydrogens is 470 g/mol. The van der Waals surface area contributed by atoms with Crippen LogP contribution in [0.2, 0.25) is 0 Å². The SMILES string of the molecule is CCOC(=O)Nc1cccc(Cn2nc(-c3ccc(C(=O)NCCN4CCCCC4)cc3)ccc2=O)c1. The van der Waals surface area contributed by atoms with Gasteiger partial charge in [-0.3, -0.25) is 14.9 Å². The van der Waals surface area contributed by atoms with Gasteiger partial charge in [-0.05, 0) is 68.8 Å². The van der Waals surface area contributed by atoms with Gasteiger partial charge in [-0.25, -0.2) is 9.48 Å². The van der Waals surface area contributed by atoms with Crippen LogP contribution in [0.5, 0.6) is 0 Å². The van der Waals surface area contributed by atoms with E-state index in [4.69, 9.17) is 4.74 Å². The van der Waals surface area contributed by atoms with Gasteiger partial charge in [0.15, 0.2) is 0 Å². The van der Waals surface area contributed by atoms with E-state index in [0.717, 1.165) is 30.8 Å². The number of nitrogens with zero attached hydrogens (tertiary/aromatic N) is 3. The molecule has 9 heteroatoms. The number of carbonyl (C=O) groups excluding carboxylic acids is 2. The number of anilines is 1. The lowest BCUT2D eigenvalue weighted by Gasteiger charge is -2.26. The van der Waals surface area contributed by atoms with Gasteiger partial charge in [0.2, 0.25) is 0 Å². The van der Waals surface area contributed by atoms with Crippen LogP contribution in [-0.2, 0) is 11.3 Å². The Bertz CT molecular complexity index is 1270. The molecule has 2 N–H and O–H groups in total. The van der Waals surface area contributed by atoms with Crippen molar-refractivity contribution in [2.24, 2.45) is 0 Å². The van der Waals surface area contributed by atoms with E-state index in [1.807, 2.05) is 18.2 Å².